The molecular weight excluding hydrogens is 294 g/mol. The third-order valence-electron chi connectivity index (χ3n) is 6.31. The third-order valence-corrected chi connectivity index (χ3v) is 6.31. The molecule has 1 fully saturated rings. The van der Waals surface area contributed by atoms with Gasteiger partial charge in [0.1, 0.15) is 0 Å². The van der Waals surface area contributed by atoms with Crippen LogP contribution in [0.15, 0.2) is 24.3 Å². The van der Waals surface area contributed by atoms with Gasteiger partial charge in [0.25, 0.3) is 0 Å². The molecule has 3 nitrogen and oxygen atoms in total. The number of rotatable bonds is 3. The van der Waals surface area contributed by atoms with Crippen LogP contribution in [0.3, 0.4) is 0 Å². The Morgan fingerprint density at radius 3 is 2.46 bits per heavy atom. The summed E-state index contributed by atoms with van der Waals surface area (Å²) in [6.07, 6.45) is 12.6. The minimum Gasteiger partial charge on any atom is -0.398 e. The topological polar surface area (TPSA) is 78.1 Å². The average molecular weight is 328 g/mol. The van der Waals surface area contributed by atoms with E-state index in [1.54, 1.807) is 0 Å². The predicted molar refractivity (Wildman–Crippen MR) is 102 cm³/mol. The van der Waals surface area contributed by atoms with Crippen LogP contribution in [-0.2, 0) is 0 Å². The van der Waals surface area contributed by atoms with Crippen LogP contribution in [0.5, 0.6) is 0 Å². The van der Waals surface area contributed by atoms with Crippen LogP contribution in [0.25, 0.3) is 0 Å². The lowest BCUT2D eigenvalue weighted by atomic mass is 9.71. The summed E-state index contributed by atoms with van der Waals surface area (Å²) in [5.41, 5.74) is 22.1. The van der Waals surface area contributed by atoms with E-state index in [1.807, 2.05) is 6.07 Å². The van der Waals surface area contributed by atoms with Gasteiger partial charge in [0.2, 0.25) is 0 Å². The second-order valence-electron chi connectivity index (χ2n) is 8.07. The summed E-state index contributed by atoms with van der Waals surface area (Å²) in [6, 6.07) is 4.13. The maximum atomic E-state index is 6.08. The molecular formula is C21H33N3. The fourth-order valence-electron chi connectivity index (χ4n) is 4.97. The van der Waals surface area contributed by atoms with Crippen molar-refractivity contribution < 1.29 is 0 Å². The minimum absolute atomic E-state index is 0.473. The Kier molecular flexibility index (Phi) is 5.31. The molecule has 0 aromatic heterocycles. The van der Waals surface area contributed by atoms with Crippen molar-refractivity contribution in [3.8, 4) is 0 Å². The first-order valence-electron chi connectivity index (χ1n) is 9.55. The molecule has 0 spiro atoms. The second-order valence-corrected chi connectivity index (χ2v) is 8.07. The van der Waals surface area contributed by atoms with Gasteiger partial charge in [0, 0.05) is 17.2 Å². The molecule has 1 aromatic rings. The summed E-state index contributed by atoms with van der Waals surface area (Å²) in [6.45, 7) is 4.52. The van der Waals surface area contributed by atoms with Gasteiger partial charge < -0.3 is 17.2 Å². The summed E-state index contributed by atoms with van der Waals surface area (Å²) < 4.78 is 0. The first-order chi connectivity index (χ1) is 11.5. The highest BCUT2D eigenvalue weighted by Gasteiger charge is 2.28. The van der Waals surface area contributed by atoms with Crippen LogP contribution in [0, 0.1) is 24.7 Å². The Labute approximate surface area is 146 Å². The average Bonchev–Trinajstić information content (AvgIpc) is 2.55. The van der Waals surface area contributed by atoms with Crippen molar-refractivity contribution in [2.24, 2.45) is 29.2 Å². The van der Waals surface area contributed by atoms with Crippen LogP contribution in [0.1, 0.15) is 74.2 Å². The molecule has 0 aliphatic heterocycles. The van der Waals surface area contributed by atoms with Crippen LogP contribution in [0.4, 0.5) is 5.69 Å². The number of hydrogen-bond acceptors (Lipinski definition) is 3. The zero-order valence-corrected chi connectivity index (χ0v) is 15.2. The van der Waals surface area contributed by atoms with Crippen molar-refractivity contribution in [1.29, 1.82) is 0 Å². The Balaban J connectivity index is 1.76. The van der Waals surface area contributed by atoms with Crippen LogP contribution in [-0.4, -0.2) is 0 Å². The minimum atomic E-state index is -0.506. The fourth-order valence-corrected chi connectivity index (χ4v) is 4.97. The van der Waals surface area contributed by atoms with Crippen LogP contribution < -0.4 is 17.2 Å². The van der Waals surface area contributed by atoms with E-state index in [4.69, 9.17) is 17.2 Å². The largest absolute Gasteiger partial charge is 0.398 e. The summed E-state index contributed by atoms with van der Waals surface area (Å²) in [4.78, 5) is 0. The smallest absolute Gasteiger partial charge is 0.0807 e. The van der Waals surface area contributed by atoms with E-state index in [9.17, 15) is 0 Å². The lowest BCUT2D eigenvalue weighted by molar-refractivity contribution is 0.217. The number of nitrogens with two attached hydrogens (primary N) is 3. The molecule has 2 aliphatic rings. The standard InChI is InChI=1S/C21H33N3/c1-13-4-3-5-17(12-13)15-6-8-16(9-7-15)18-10-11-19(22)20(14(18)2)21(23)24/h6,8,10-11,13,15-17,21H,3-5,7,9,12,22-24H2,1-2H3. The number of benzene rings is 1. The first kappa shape index (κ1) is 17.5. The van der Waals surface area contributed by atoms with E-state index in [1.165, 1.54) is 49.7 Å². The number of anilines is 1. The van der Waals surface area contributed by atoms with Crippen LogP contribution in [0.2, 0.25) is 0 Å². The van der Waals surface area contributed by atoms with Crippen LogP contribution >= 0.6 is 0 Å². The highest BCUT2D eigenvalue weighted by Crippen LogP contribution is 2.41. The monoisotopic (exact) mass is 327 g/mol. The number of allylic oxidation sites excluding steroid dienone is 2. The van der Waals surface area contributed by atoms with Crippen molar-refractivity contribution in [3.05, 3.63) is 41.0 Å². The van der Waals surface area contributed by atoms with Gasteiger partial charge in [0.15, 0.2) is 0 Å². The van der Waals surface area contributed by atoms with E-state index in [0.717, 1.165) is 23.3 Å². The first-order valence-corrected chi connectivity index (χ1v) is 9.55. The summed E-state index contributed by atoms with van der Waals surface area (Å²) >= 11 is 0. The molecule has 4 atom stereocenters. The predicted octanol–water partition coefficient (Wildman–Crippen LogP) is 4.37. The molecule has 0 saturated heterocycles. The fraction of sp³-hybridized carbons (Fsp3) is 0.619. The quantitative estimate of drug-likeness (QED) is 0.438. The Hall–Kier alpha value is -1.32. The van der Waals surface area contributed by atoms with Gasteiger partial charge in [-0.15, -0.1) is 0 Å². The summed E-state index contributed by atoms with van der Waals surface area (Å²) in [5.74, 6) is 3.05. The molecule has 24 heavy (non-hydrogen) atoms. The highest BCUT2D eigenvalue weighted by atomic mass is 14.9. The molecule has 4 unspecified atom stereocenters. The van der Waals surface area contributed by atoms with Gasteiger partial charge in [-0.05, 0) is 67.6 Å². The molecule has 0 bridgehead atoms. The molecule has 3 rings (SSSR count). The van der Waals surface area contributed by atoms with E-state index in [-0.39, 0.29) is 0 Å². The van der Waals surface area contributed by atoms with E-state index >= 15 is 0 Å². The van der Waals surface area contributed by atoms with Gasteiger partial charge in [-0.1, -0.05) is 38.0 Å². The van der Waals surface area contributed by atoms with Crippen molar-refractivity contribution in [3.63, 3.8) is 0 Å². The maximum absolute atomic E-state index is 6.08. The molecule has 0 amide bonds. The molecule has 6 N–H and O–H groups in total. The SMILES string of the molecule is Cc1c(C2C=CC(C3CCCC(C)C3)CC2)ccc(N)c1C(N)N. The van der Waals surface area contributed by atoms with Gasteiger partial charge in [-0.3, -0.25) is 0 Å². The Morgan fingerprint density at radius 2 is 1.83 bits per heavy atom. The molecule has 1 saturated carbocycles. The maximum Gasteiger partial charge on any atom is 0.0807 e. The molecule has 2 aliphatic carbocycles. The molecule has 0 radical (unpaired) electrons. The number of hydrogen-bond donors (Lipinski definition) is 3. The molecule has 3 heteroatoms. The van der Waals surface area contributed by atoms with Crippen molar-refractivity contribution >= 4 is 5.69 Å². The van der Waals surface area contributed by atoms with Gasteiger partial charge >= 0.3 is 0 Å². The van der Waals surface area contributed by atoms with E-state index in [0.29, 0.717) is 11.6 Å². The molecule has 132 valence electrons. The summed E-state index contributed by atoms with van der Waals surface area (Å²) in [7, 11) is 0. The molecule has 1 aromatic carbocycles. The van der Waals surface area contributed by atoms with E-state index in [2.05, 4.69) is 32.1 Å². The molecule has 0 heterocycles. The Morgan fingerprint density at radius 1 is 1.04 bits per heavy atom. The summed E-state index contributed by atoms with van der Waals surface area (Å²) in [5, 5.41) is 0. The third kappa shape index (κ3) is 3.52. The van der Waals surface area contributed by atoms with Crippen molar-refractivity contribution in [1.82, 2.24) is 0 Å². The second kappa shape index (κ2) is 7.28. The lowest BCUT2D eigenvalue weighted by Gasteiger charge is -2.35. The normalized spacial score (nSPS) is 30.7. The van der Waals surface area contributed by atoms with Crippen molar-refractivity contribution in [2.75, 3.05) is 5.73 Å². The van der Waals surface area contributed by atoms with Gasteiger partial charge in [0.05, 0.1) is 6.17 Å². The van der Waals surface area contributed by atoms with Gasteiger partial charge in [-0.2, -0.15) is 0 Å². The van der Waals surface area contributed by atoms with E-state index < -0.39 is 6.17 Å². The number of nitrogen functional groups attached to an aromatic ring is 1. The lowest BCUT2D eigenvalue weighted by Crippen LogP contribution is -2.24. The van der Waals surface area contributed by atoms with Crippen molar-refractivity contribution in [2.45, 2.75) is 64.5 Å². The Bertz CT molecular complexity index is 605. The highest BCUT2D eigenvalue weighted by molar-refractivity contribution is 5.56. The zero-order valence-electron chi connectivity index (χ0n) is 15.2. The zero-order chi connectivity index (χ0) is 17.3. The van der Waals surface area contributed by atoms with Gasteiger partial charge in [-0.25, -0.2) is 0 Å².